The van der Waals surface area contributed by atoms with Gasteiger partial charge in [0.25, 0.3) is 0 Å². The summed E-state index contributed by atoms with van der Waals surface area (Å²) in [7, 11) is 0. The molecule has 1 aromatic heterocycles. The molecular weight excluding hydrogens is 276 g/mol. The molecule has 1 atom stereocenters. The van der Waals surface area contributed by atoms with E-state index in [9.17, 15) is 14.4 Å². The standard InChI is InChI=1S/C13H20N4O4/c1-9(7-17-5-4-14-8-17)15-12(21)16-10(18)6-13(2,3)11(19)20/h4-5,8-9H,6-7H2,1-3H3,(H,19,20)(H2,15,16,18,21). The highest BCUT2D eigenvalue weighted by Gasteiger charge is 2.30. The number of nitrogens with zero attached hydrogens (tertiary/aromatic N) is 2. The summed E-state index contributed by atoms with van der Waals surface area (Å²) in [5.74, 6) is -1.72. The number of carboxylic acid groups (broad SMARTS) is 1. The van der Waals surface area contributed by atoms with Crippen molar-refractivity contribution in [3.63, 3.8) is 0 Å². The monoisotopic (exact) mass is 296 g/mol. The second-order valence-electron chi connectivity index (χ2n) is 5.55. The topological polar surface area (TPSA) is 113 Å². The van der Waals surface area contributed by atoms with Crippen molar-refractivity contribution >= 4 is 17.9 Å². The number of amides is 3. The van der Waals surface area contributed by atoms with Crippen molar-refractivity contribution in [1.29, 1.82) is 0 Å². The first-order valence-electron chi connectivity index (χ1n) is 6.50. The largest absolute Gasteiger partial charge is 0.481 e. The lowest BCUT2D eigenvalue weighted by Gasteiger charge is -2.19. The quantitative estimate of drug-likeness (QED) is 0.711. The molecule has 1 rings (SSSR count). The molecule has 0 radical (unpaired) electrons. The number of nitrogens with one attached hydrogen (secondary N) is 2. The number of carbonyl (C=O) groups excluding carboxylic acids is 2. The van der Waals surface area contributed by atoms with E-state index in [1.165, 1.54) is 13.8 Å². The van der Waals surface area contributed by atoms with Gasteiger partial charge in [0.1, 0.15) is 0 Å². The summed E-state index contributed by atoms with van der Waals surface area (Å²) in [5.41, 5.74) is -1.22. The Labute approximate surface area is 122 Å². The van der Waals surface area contributed by atoms with Crippen molar-refractivity contribution in [2.45, 2.75) is 39.8 Å². The van der Waals surface area contributed by atoms with Crippen LogP contribution in [0.5, 0.6) is 0 Å². The molecule has 3 amide bonds. The molecule has 0 spiro atoms. The average molecular weight is 296 g/mol. The molecule has 0 aliphatic heterocycles. The number of aliphatic carboxylic acids is 1. The van der Waals surface area contributed by atoms with Crippen LogP contribution in [0.4, 0.5) is 4.79 Å². The summed E-state index contributed by atoms with van der Waals surface area (Å²) in [6.45, 7) is 5.15. The molecule has 8 nitrogen and oxygen atoms in total. The van der Waals surface area contributed by atoms with E-state index in [-0.39, 0.29) is 12.5 Å². The Morgan fingerprint density at radius 3 is 2.57 bits per heavy atom. The molecule has 3 N–H and O–H groups in total. The van der Waals surface area contributed by atoms with Gasteiger partial charge >= 0.3 is 12.0 Å². The highest BCUT2D eigenvalue weighted by Crippen LogP contribution is 2.19. The van der Waals surface area contributed by atoms with Crippen LogP contribution in [0, 0.1) is 5.41 Å². The van der Waals surface area contributed by atoms with Crippen molar-refractivity contribution in [2.75, 3.05) is 0 Å². The number of imidazole rings is 1. The zero-order chi connectivity index (χ0) is 16.0. The fourth-order valence-corrected chi connectivity index (χ4v) is 1.66. The van der Waals surface area contributed by atoms with Crippen molar-refractivity contribution in [3.8, 4) is 0 Å². The van der Waals surface area contributed by atoms with Gasteiger partial charge in [-0.05, 0) is 20.8 Å². The Morgan fingerprint density at radius 2 is 2.05 bits per heavy atom. The first kappa shape index (κ1) is 16.7. The van der Waals surface area contributed by atoms with Crippen LogP contribution in [0.15, 0.2) is 18.7 Å². The van der Waals surface area contributed by atoms with Crippen LogP contribution < -0.4 is 10.6 Å². The summed E-state index contributed by atoms with van der Waals surface area (Å²) < 4.78 is 1.79. The molecule has 8 heteroatoms. The molecule has 0 saturated heterocycles. The van der Waals surface area contributed by atoms with Gasteiger partial charge in [0.2, 0.25) is 5.91 Å². The fraction of sp³-hybridized carbons (Fsp3) is 0.538. The number of aromatic nitrogens is 2. The molecule has 0 aromatic carbocycles. The van der Waals surface area contributed by atoms with Crippen LogP contribution >= 0.6 is 0 Å². The number of imide groups is 1. The van der Waals surface area contributed by atoms with Crippen LogP contribution in [-0.4, -0.2) is 38.6 Å². The zero-order valence-corrected chi connectivity index (χ0v) is 12.3. The second-order valence-corrected chi connectivity index (χ2v) is 5.55. The third-order valence-electron chi connectivity index (χ3n) is 2.86. The van der Waals surface area contributed by atoms with Gasteiger partial charge in [-0.1, -0.05) is 0 Å². The molecule has 0 fully saturated rings. The lowest BCUT2D eigenvalue weighted by Crippen LogP contribution is -2.46. The molecule has 0 aliphatic carbocycles. The third kappa shape index (κ3) is 5.64. The van der Waals surface area contributed by atoms with Gasteiger partial charge in [0.15, 0.2) is 0 Å². The highest BCUT2D eigenvalue weighted by molar-refractivity contribution is 5.96. The average Bonchev–Trinajstić information content (AvgIpc) is 2.79. The third-order valence-corrected chi connectivity index (χ3v) is 2.86. The Hall–Kier alpha value is -2.38. The zero-order valence-electron chi connectivity index (χ0n) is 12.3. The van der Waals surface area contributed by atoms with Crippen LogP contribution in [0.25, 0.3) is 0 Å². The maximum Gasteiger partial charge on any atom is 0.321 e. The maximum absolute atomic E-state index is 11.6. The van der Waals surface area contributed by atoms with Gasteiger partial charge in [-0.2, -0.15) is 0 Å². The van der Waals surface area contributed by atoms with E-state index in [0.717, 1.165) is 0 Å². The van der Waals surface area contributed by atoms with Gasteiger partial charge in [-0.3, -0.25) is 14.9 Å². The number of carbonyl (C=O) groups is 3. The van der Waals surface area contributed by atoms with E-state index < -0.39 is 23.3 Å². The first-order valence-corrected chi connectivity index (χ1v) is 6.50. The lowest BCUT2D eigenvalue weighted by atomic mass is 9.89. The predicted molar refractivity (Wildman–Crippen MR) is 74.4 cm³/mol. The lowest BCUT2D eigenvalue weighted by molar-refractivity contribution is -0.149. The minimum Gasteiger partial charge on any atom is -0.481 e. The van der Waals surface area contributed by atoms with Crippen LogP contribution in [0.1, 0.15) is 27.2 Å². The summed E-state index contributed by atoms with van der Waals surface area (Å²) in [6.07, 6.45) is 4.74. The van der Waals surface area contributed by atoms with Crippen molar-refractivity contribution in [2.24, 2.45) is 5.41 Å². The van der Waals surface area contributed by atoms with E-state index in [2.05, 4.69) is 15.6 Å². The molecule has 116 valence electrons. The van der Waals surface area contributed by atoms with Gasteiger partial charge in [0.05, 0.1) is 11.7 Å². The fourth-order valence-electron chi connectivity index (χ4n) is 1.66. The van der Waals surface area contributed by atoms with Gasteiger partial charge in [0, 0.05) is 31.4 Å². The SMILES string of the molecule is CC(Cn1ccnc1)NC(=O)NC(=O)CC(C)(C)C(=O)O. The summed E-state index contributed by atoms with van der Waals surface area (Å²) in [5, 5.41) is 13.6. The molecule has 1 heterocycles. The van der Waals surface area contributed by atoms with E-state index in [4.69, 9.17) is 5.11 Å². The number of rotatable bonds is 6. The molecule has 0 bridgehead atoms. The second kappa shape index (κ2) is 6.87. The Bertz CT molecular complexity index is 510. The van der Waals surface area contributed by atoms with E-state index >= 15 is 0 Å². The first-order chi connectivity index (χ1) is 9.70. The Balaban J connectivity index is 2.39. The van der Waals surface area contributed by atoms with Crippen molar-refractivity contribution in [3.05, 3.63) is 18.7 Å². The van der Waals surface area contributed by atoms with E-state index in [1.807, 2.05) is 0 Å². The van der Waals surface area contributed by atoms with E-state index in [1.54, 1.807) is 30.2 Å². The van der Waals surface area contributed by atoms with Gasteiger partial charge < -0.3 is 15.0 Å². The number of urea groups is 1. The molecule has 1 unspecified atom stereocenters. The smallest absolute Gasteiger partial charge is 0.321 e. The van der Waals surface area contributed by atoms with Gasteiger partial charge in [-0.25, -0.2) is 9.78 Å². The van der Waals surface area contributed by atoms with Crippen LogP contribution in [0.3, 0.4) is 0 Å². The minimum absolute atomic E-state index is 0.209. The minimum atomic E-state index is -1.22. The predicted octanol–water partition coefficient (Wildman–Crippen LogP) is 0.598. The highest BCUT2D eigenvalue weighted by atomic mass is 16.4. The molecule has 0 aliphatic rings. The van der Waals surface area contributed by atoms with Crippen LogP contribution in [-0.2, 0) is 16.1 Å². The molecule has 21 heavy (non-hydrogen) atoms. The Morgan fingerprint density at radius 1 is 1.38 bits per heavy atom. The number of carboxylic acids is 1. The number of hydrogen-bond acceptors (Lipinski definition) is 4. The molecular formula is C13H20N4O4. The van der Waals surface area contributed by atoms with Crippen molar-refractivity contribution < 1.29 is 19.5 Å². The summed E-state index contributed by atoms with van der Waals surface area (Å²) in [6, 6.07) is -0.853. The maximum atomic E-state index is 11.6. The molecule has 1 aromatic rings. The molecule has 0 saturated carbocycles. The van der Waals surface area contributed by atoms with E-state index in [0.29, 0.717) is 6.54 Å². The Kier molecular flexibility index (Phi) is 5.45. The summed E-state index contributed by atoms with van der Waals surface area (Å²) in [4.78, 5) is 38.0. The number of hydrogen-bond donors (Lipinski definition) is 3. The van der Waals surface area contributed by atoms with Crippen LogP contribution in [0.2, 0.25) is 0 Å². The summed E-state index contributed by atoms with van der Waals surface area (Å²) >= 11 is 0. The van der Waals surface area contributed by atoms with Gasteiger partial charge in [-0.15, -0.1) is 0 Å². The normalized spacial score (nSPS) is 12.5. The van der Waals surface area contributed by atoms with Crippen molar-refractivity contribution in [1.82, 2.24) is 20.2 Å².